The van der Waals surface area contributed by atoms with Crippen LogP contribution in [0.4, 0.5) is 0 Å². The van der Waals surface area contributed by atoms with Crippen molar-refractivity contribution < 1.29 is 14.8 Å². The number of nitro groups is 1. The molecule has 0 saturated carbocycles. The Morgan fingerprint density at radius 3 is 2.80 bits per heavy atom. The lowest BCUT2D eigenvalue weighted by molar-refractivity contribution is -0.517. The number of rotatable bonds is 4. The molecule has 0 amide bonds. The number of nitrogens with zero attached hydrogens (tertiary/aromatic N) is 1. The van der Waals surface area contributed by atoms with Crippen molar-refractivity contribution in [2.75, 3.05) is 0 Å². The average molecular weight is 209 g/mol. The van der Waals surface area contributed by atoms with Crippen LogP contribution in [-0.4, -0.2) is 22.0 Å². The lowest BCUT2D eigenvalue weighted by Gasteiger charge is -2.04. The minimum absolute atomic E-state index is 0.156. The van der Waals surface area contributed by atoms with Crippen molar-refractivity contribution >= 4 is 5.97 Å². The zero-order chi connectivity index (χ0) is 11.4. The zero-order valence-electron chi connectivity index (χ0n) is 8.21. The van der Waals surface area contributed by atoms with Gasteiger partial charge in [0.25, 0.3) is 0 Å². The van der Waals surface area contributed by atoms with Gasteiger partial charge in [-0.1, -0.05) is 12.1 Å². The van der Waals surface area contributed by atoms with Gasteiger partial charge in [0, 0.05) is 18.3 Å². The highest BCUT2D eigenvalue weighted by atomic mass is 16.6. The lowest BCUT2D eigenvalue weighted by Crippen LogP contribution is -2.17. The summed E-state index contributed by atoms with van der Waals surface area (Å²) >= 11 is 0. The molecule has 5 nitrogen and oxygen atoms in total. The number of carboxylic acids is 1. The second-order valence-corrected chi connectivity index (χ2v) is 3.34. The van der Waals surface area contributed by atoms with Gasteiger partial charge >= 0.3 is 5.97 Å². The van der Waals surface area contributed by atoms with Gasteiger partial charge in [-0.25, -0.2) is 4.79 Å². The highest BCUT2D eigenvalue weighted by Gasteiger charge is 2.14. The van der Waals surface area contributed by atoms with Crippen molar-refractivity contribution in [2.45, 2.75) is 19.4 Å². The first-order valence-electron chi connectivity index (χ1n) is 4.46. The normalized spacial score (nSPS) is 12.1. The molecule has 1 aromatic rings. The van der Waals surface area contributed by atoms with Gasteiger partial charge in [-0.15, -0.1) is 0 Å². The molecule has 1 N–H and O–H groups in total. The molecule has 1 unspecified atom stereocenters. The summed E-state index contributed by atoms with van der Waals surface area (Å²) in [6.07, 6.45) is 0.244. The molecule has 0 aromatic heterocycles. The van der Waals surface area contributed by atoms with Crippen molar-refractivity contribution in [3.63, 3.8) is 0 Å². The van der Waals surface area contributed by atoms with E-state index in [2.05, 4.69) is 0 Å². The standard InChI is InChI=1S/C10H11NO4/c1-7(11(14)15)5-8-3-2-4-9(6-8)10(12)13/h2-4,6-7H,5H2,1H3,(H,12,13). The van der Waals surface area contributed by atoms with Gasteiger partial charge in [0.1, 0.15) is 0 Å². The summed E-state index contributed by atoms with van der Waals surface area (Å²) in [5, 5.41) is 19.1. The van der Waals surface area contributed by atoms with Gasteiger partial charge in [-0.3, -0.25) is 10.1 Å². The third-order valence-corrected chi connectivity index (χ3v) is 2.06. The van der Waals surface area contributed by atoms with Crippen molar-refractivity contribution in [1.82, 2.24) is 0 Å². The van der Waals surface area contributed by atoms with Crippen LogP contribution in [0.1, 0.15) is 22.8 Å². The fourth-order valence-corrected chi connectivity index (χ4v) is 1.25. The van der Waals surface area contributed by atoms with E-state index in [9.17, 15) is 14.9 Å². The van der Waals surface area contributed by atoms with E-state index in [4.69, 9.17) is 5.11 Å². The maximum Gasteiger partial charge on any atom is 0.335 e. The summed E-state index contributed by atoms with van der Waals surface area (Å²) in [5.74, 6) is -1.02. The monoisotopic (exact) mass is 209 g/mol. The van der Waals surface area contributed by atoms with E-state index < -0.39 is 12.0 Å². The van der Waals surface area contributed by atoms with Crippen molar-refractivity contribution in [1.29, 1.82) is 0 Å². The second-order valence-electron chi connectivity index (χ2n) is 3.34. The van der Waals surface area contributed by atoms with Gasteiger partial charge in [0.2, 0.25) is 6.04 Å². The molecule has 5 heteroatoms. The molecule has 1 rings (SSSR count). The first-order chi connectivity index (χ1) is 7.00. The lowest BCUT2D eigenvalue weighted by atomic mass is 10.0. The Morgan fingerprint density at radius 1 is 1.60 bits per heavy atom. The molecule has 1 aromatic carbocycles. The fraction of sp³-hybridized carbons (Fsp3) is 0.300. The second kappa shape index (κ2) is 4.54. The number of aromatic carboxylic acids is 1. The zero-order valence-corrected chi connectivity index (χ0v) is 8.21. The van der Waals surface area contributed by atoms with Crippen LogP contribution in [0.5, 0.6) is 0 Å². The van der Waals surface area contributed by atoms with Crippen LogP contribution >= 0.6 is 0 Å². The number of hydrogen-bond acceptors (Lipinski definition) is 3. The minimum Gasteiger partial charge on any atom is -0.478 e. The molecule has 15 heavy (non-hydrogen) atoms. The quantitative estimate of drug-likeness (QED) is 0.603. The van der Waals surface area contributed by atoms with Gasteiger partial charge in [0.15, 0.2) is 0 Å². The molecule has 0 bridgehead atoms. The molecular weight excluding hydrogens is 198 g/mol. The van der Waals surface area contributed by atoms with Crippen molar-refractivity contribution in [2.24, 2.45) is 0 Å². The van der Waals surface area contributed by atoms with Gasteiger partial charge in [-0.2, -0.15) is 0 Å². The molecule has 0 saturated heterocycles. The van der Waals surface area contributed by atoms with E-state index in [0.29, 0.717) is 5.56 Å². The van der Waals surface area contributed by atoms with E-state index in [1.54, 1.807) is 12.1 Å². The van der Waals surface area contributed by atoms with E-state index in [0.717, 1.165) is 0 Å². The first kappa shape index (κ1) is 11.2. The summed E-state index contributed by atoms with van der Waals surface area (Å²) in [6, 6.07) is 5.50. The van der Waals surface area contributed by atoms with Crippen LogP contribution in [0.25, 0.3) is 0 Å². The smallest absolute Gasteiger partial charge is 0.335 e. The molecule has 0 fully saturated rings. The van der Waals surface area contributed by atoms with E-state index >= 15 is 0 Å². The number of hydrogen-bond donors (Lipinski definition) is 1. The third-order valence-electron chi connectivity index (χ3n) is 2.06. The largest absolute Gasteiger partial charge is 0.478 e. The summed E-state index contributed by atoms with van der Waals surface area (Å²) in [4.78, 5) is 20.7. The average Bonchev–Trinajstić information content (AvgIpc) is 2.18. The maximum atomic E-state index is 10.6. The minimum atomic E-state index is -1.02. The Hall–Kier alpha value is -1.91. The van der Waals surface area contributed by atoms with Crippen LogP contribution < -0.4 is 0 Å². The van der Waals surface area contributed by atoms with E-state index in [1.165, 1.54) is 19.1 Å². The van der Waals surface area contributed by atoms with E-state index in [1.807, 2.05) is 0 Å². The summed E-state index contributed by atoms with van der Waals surface area (Å²) in [7, 11) is 0. The molecule has 0 heterocycles. The molecule has 0 radical (unpaired) electrons. The van der Waals surface area contributed by atoms with Crippen LogP contribution in [0.2, 0.25) is 0 Å². The van der Waals surface area contributed by atoms with Crippen LogP contribution in [0.15, 0.2) is 24.3 Å². The van der Waals surface area contributed by atoms with Crippen LogP contribution in [0, 0.1) is 10.1 Å². The Bertz CT molecular complexity index is 389. The van der Waals surface area contributed by atoms with Gasteiger partial charge in [0.05, 0.1) is 5.56 Å². The summed E-state index contributed by atoms with van der Waals surface area (Å²) < 4.78 is 0. The van der Waals surface area contributed by atoms with Gasteiger partial charge < -0.3 is 5.11 Å². The van der Waals surface area contributed by atoms with Crippen molar-refractivity contribution in [3.8, 4) is 0 Å². The maximum absolute atomic E-state index is 10.6. The highest BCUT2D eigenvalue weighted by Crippen LogP contribution is 2.09. The number of benzene rings is 1. The predicted octanol–water partition coefficient (Wildman–Crippen LogP) is 1.59. The van der Waals surface area contributed by atoms with Gasteiger partial charge in [-0.05, 0) is 17.7 Å². The Kier molecular flexibility index (Phi) is 3.38. The molecular formula is C10H11NO4. The molecule has 0 spiro atoms. The molecule has 0 aliphatic rings. The summed E-state index contributed by atoms with van der Waals surface area (Å²) in [6.45, 7) is 1.49. The highest BCUT2D eigenvalue weighted by molar-refractivity contribution is 5.87. The summed E-state index contributed by atoms with van der Waals surface area (Å²) in [5.41, 5.74) is 0.821. The molecule has 80 valence electrons. The Balaban J connectivity index is 2.82. The molecule has 1 atom stereocenters. The third kappa shape index (κ3) is 3.05. The Morgan fingerprint density at radius 2 is 2.27 bits per heavy atom. The molecule has 0 aliphatic heterocycles. The Labute approximate surface area is 86.5 Å². The molecule has 0 aliphatic carbocycles. The van der Waals surface area contributed by atoms with Crippen LogP contribution in [0.3, 0.4) is 0 Å². The number of carboxylic acid groups (broad SMARTS) is 1. The SMILES string of the molecule is CC(Cc1cccc(C(=O)O)c1)[N+](=O)[O-]. The fourth-order valence-electron chi connectivity index (χ4n) is 1.25. The number of carbonyl (C=O) groups is 1. The predicted molar refractivity (Wildman–Crippen MR) is 53.6 cm³/mol. The van der Waals surface area contributed by atoms with E-state index in [-0.39, 0.29) is 16.9 Å². The van der Waals surface area contributed by atoms with Crippen molar-refractivity contribution in [3.05, 3.63) is 45.5 Å². The van der Waals surface area contributed by atoms with Crippen LogP contribution in [-0.2, 0) is 6.42 Å². The first-order valence-corrected chi connectivity index (χ1v) is 4.46. The topological polar surface area (TPSA) is 80.4 Å².